The number of amides is 3. The highest BCUT2D eigenvalue weighted by Crippen LogP contribution is 2.28. The number of nitrogens with one attached hydrogen (secondary N) is 3. The molecule has 0 bridgehead atoms. The maximum Gasteiger partial charge on any atom is 0.408 e. The van der Waals surface area contributed by atoms with E-state index in [2.05, 4.69) is 16.0 Å². The minimum absolute atomic E-state index is 0.108. The molecule has 0 aromatic heterocycles. The molecule has 2 aliphatic rings. The van der Waals surface area contributed by atoms with Crippen LogP contribution in [0.5, 0.6) is 0 Å². The molecule has 0 radical (unpaired) electrons. The highest BCUT2D eigenvalue weighted by molar-refractivity contribution is 5.92. The van der Waals surface area contributed by atoms with Crippen LogP contribution in [0.4, 0.5) is 4.79 Å². The molecule has 1 aliphatic carbocycles. The second kappa shape index (κ2) is 16.3. The lowest BCUT2D eigenvalue weighted by Crippen LogP contribution is -2.57. The summed E-state index contributed by atoms with van der Waals surface area (Å²) in [5.41, 5.74) is -0.0458. The van der Waals surface area contributed by atoms with Crippen molar-refractivity contribution in [2.45, 2.75) is 108 Å². The van der Waals surface area contributed by atoms with E-state index in [4.69, 9.17) is 14.2 Å². The van der Waals surface area contributed by atoms with E-state index in [0.29, 0.717) is 6.42 Å². The third kappa shape index (κ3) is 11.9. The average molecular weight is 604 g/mol. The van der Waals surface area contributed by atoms with Crippen molar-refractivity contribution in [1.29, 1.82) is 0 Å². The van der Waals surface area contributed by atoms with Gasteiger partial charge in [0.15, 0.2) is 6.10 Å². The van der Waals surface area contributed by atoms with E-state index in [9.17, 15) is 29.1 Å². The fourth-order valence-corrected chi connectivity index (χ4v) is 5.26. The molecular formula is C31H45N3O9. The molecule has 2 fully saturated rings. The molecule has 2 unspecified atom stereocenters. The van der Waals surface area contributed by atoms with Crippen LogP contribution in [0.25, 0.3) is 0 Å². The summed E-state index contributed by atoms with van der Waals surface area (Å²) in [5, 5.41) is 18.9. The molecule has 12 heteroatoms. The van der Waals surface area contributed by atoms with Gasteiger partial charge in [-0.1, -0.05) is 62.4 Å². The van der Waals surface area contributed by atoms with Gasteiger partial charge in [0.1, 0.15) is 30.9 Å². The summed E-state index contributed by atoms with van der Waals surface area (Å²) < 4.78 is 15.5. The van der Waals surface area contributed by atoms with Crippen LogP contribution in [0.15, 0.2) is 30.3 Å². The molecule has 1 heterocycles. The Morgan fingerprint density at radius 3 is 2.37 bits per heavy atom. The number of rotatable bonds is 7. The quantitative estimate of drug-likeness (QED) is 0.270. The van der Waals surface area contributed by atoms with Gasteiger partial charge in [-0.15, -0.1) is 0 Å². The summed E-state index contributed by atoms with van der Waals surface area (Å²) in [5.74, 6) is -2.72. The van der Waals surface area contributed by atoms with Gasteiger partial charge in [0.05, 0.1) is 6.04 Å². The van der Waals surface area contributed by atoms with Crippen molar-refractivity contribution in [1.82, 2.24) is 16.0 Å². The number of esters is 2. The first-order valence-electron chi connectivity index (χ1n) is 15.1. The molecule has 3 rings (SSSR count). The molecule has 238 valence electrons. The second-order valence-corrected chi connectivity index (χ2v) is 12.2. The summed E-state index contributed by atoms with van der Waals surface area (Å²) in [6.07, 6.45) is 2.69. The predicted molar refractivity (Wildman–Crippen MR) is 156 cm³/mol. The van der Waals surface area contributed by atoms with E-state index < -0.39 is 59.7 Å². The SMILES string of the molecule is CC(C)(C)OC(=O)N[C@@H](Cc1ccccc1)C(=O)NC1CCC(=O)OCCOC(=O)[C@H](O)C(CC2CCCCC2)NC1=O. The second-order valence-electron chi connectivity index (χ2n) is 12.2. The van der Waals surface area contributed by atoms with Crippen molar-refractivity contribution in [2.24, 2.45) is 5.92 Å². The molecular weight excluding hydrogens is 558 g/mol. The molecule has 43 heavy (non-hydrogen) atoms. The van der Waals surface area contributed by atoms with Crippen molar-refractivity contribution in [2.75, 3.05) is 13.2 Å². The third-order valence-electron chi connectivity index (χ3n) is 7.41. The minimum Gasteiger partial charge on any atom is -0.462 e. The Morgan fingerprint density at radius 2 is 1.70 bits per heavy atom. The summed E-state index contributed by atoms with van der Waals surface area (Å²) >= 11 is 0. The highest BCUT2D eigenvalue weighted by Gasteiger charge is 2.35. The molecule has 0 spiro atoms. The zero-order valence-electron chi connectivity index (χ0n) is 25.3. The number of aliphatic hydroxyl groups excluding tert-OH is 1. The smallest absolute Gasteiger partial charge is 0.408 e. The molecule has 1 aromatic carbocycles. The lowest BCUT2D eigenvalue weighted by Gasteiger charge is -2.31. The molecule has 1 saturated carbocycles. The topological polar surface area (TPSA) is 169 Å². The lowest BCUT2D eigenvalue weighted by atomic mass is 9.83. The van der Waals surface area contributed by atoms with Crippen molar-refractivity contribution >= 4 is 29.8 Å². The molecule has 4 N–H and O–H groups in total. The molecule has 1 aliphatic heterocycles. The van der Waals surface area contributed by atoms with Gasteiger partial charge in [-0.05, 0) is 45.1 Å². The monoisotopic (exact) mass is 603 g/mol. The van der Waals surface area contributed by atoms with E-state index in [1.165, 1.54) is 0 Å². The zero-order valence-corrected chi connectivity index (χ0v) is 25.3. The van der Waals surface area contributed by atoms with Gasteiger partial charge in [0.25, 0.3) is 0 Å². The van der Waals surface area contributed by atoms with Crippen LogP contribution in [0.2, 0.25) is 0 Å². The number of cyclic esters (lactones) is 2. The van der Waals surface area contributed by atoms with Crippen LogP contribution in [-0.2, 0) is 39.8 Å². The number of hydrogen-bond acceptors (Lipinski definition) is 9. The predicted octanol–water partition coefficient (Wildman–Crippen LogP) is 2.30. The van der Waals surface area contributed by atoms with E-state index in [0.717, 1.165) is 37.7 Å². The van der Waals surface area contributed by atoms with Crippen molar-refractivity contribution in [3.05, 3.63) is 35.9 Å². The van der Waals surface area contributed by atoms with Crippen LogP contribution < -0.4 is 16.0 Å². The Balaban J connectivity index is 1.82. The summed E-state index contributed by atoms with van der Waals surface area (Å²) in [6, 6.07) is 5.73. The highest BCUT2D eigenvalue weighted by atomic mass is 16.6. The van der Waals surface area contributed by atoms with Crippen LogP contribution in [0.1, 0.15) is 77.7 Å². The largest absolute Gasteiger partial charge is 0.462 e. The fraction of sp³-hybridized carbons (Fsp3) is 0.645. The van der Waals surface area contributed by atoms with E-state index in [-0.39, 0.29) is 38.4 Å². The zero-order chi connectivity index (χ0) is 31.4. The maximum atomic E-state index is 13.6. The Morgan fingerprint density at radius 1 is 1.02 bits per heavy atom. The van der Waals surface area contributed by atoms with E-state index in [1.54, 1.807) is 45.0 Å². The van der Waals surface area contributed by atoms with Gasteiger partial charge in [-0.2, -0.15) is 0 Å². The standard InChI is InChI=1S/C31H45N3O9/c1-31(2,3)43-30(40)34-24(19-21-12-8-5-9-13-21)28(38)32-22-14-15-25(35)41-16-17-42-29(39)26(36)23(33-27(22)37)18-20-10-6-4-7-11-20/h5,8-9,12-13,20,22-24,26,36H,4,6-7,10-11,14-19H2,1-3H3,(H,32,38)(H,33,37)(H,34,40)/t22?,23?,24-,26+/m0/s1. The summed E-state index contributed by atoms with van der Waals surface area (Å²) in [6.45, 7) is 4.65. The first kappa shape index (κ1) is 33.8. The first-order chi connectivity index (χ1) is 20.4. The van der Waals surface area contributed by atoms with Gasteiger partial charge in [-0.3, -0.25) is 14.4 Å². The van der Waals surface area contributed by atoms with Gasteiger partial charge in [0.2, 0.25) is 11.8 Å². The number of ether oxygens (including phenoxy) is 3. The van der Waals surface area contributed by atoms with Crippen LogP contribution >= 0.6 is 0 Å². The summed E-state index contributed by atoms with van der Waals surface area (Å²) in [7, 11) is 0. The van der Waals surface area contributed by atoms with Crippen molar-refractivity contribution in [3.8, 4) is 0 Å². The van der Waals surface area contributed by atoms with Crippen LogP contribution in [0.3, 0.4) is 0 Å². The Hall–Kier alpha value is -3.67. The normalized spacial score (nSPS) is 23.6. The van der Waals surface area contributed by atoms with E-state index >= 15 is 0 Å². The third-order valence-corrected chi connectivity index (χ3v) is 7.41. The van der Waals surface area contributed by atoms with Crippen LogP contribution in [0, 0.1) is 5.92 Å². The number of aliphatic hydroxyl groups is 1. The first-order valence-corrected chi connectivity index (χ1v) is 15.1. The molecule has 3 amide bonds. The van der Waals surface area contributed by atoms with Gasteiger partial charge in [-0.25, -0.2) is 9.59 Å². The number of benzene rings is 1. The maximum absolute atomic E-state index is 13.6. The Kier molecular flexibility index (Phi) is 12.8. The average Bonchev–Trinajstić information content (AvgIpc) is 2.96. The Labute approximate surface area is 252 Å². The number of alkyl carbamates (subject to hydrolysis) is 1. The minimum atomic E-state index is -1.64. The number of carbonyl (C=O) groups excluding carboxylic acids is 5. The molecule has 12 nitrogen and oxygen atoms in total. The van der Waals surface area contributed by atoms with Gasteiger partial charge in [0, 0.05) is 12.8 Å². The number of hydrogen-bond donors (Lipinski definition) is 4. The van der Waals surface area contributed by atoms with Crippen molar-refractivity contribution < 1.29 is 43.3 Å². The molecule has 1 aromatic rings. The molecule has 4 atom stereocenters. The molecule has 1 saturated heterocycles. The van der Waals surface area contributed by atoms with Crippen molar-refractivity contribution in [3.63, 3.8) is 0 Å². The lowest BCUT2D eigenvalue weighted by molar-refractivity contribution is -0.160. The van der Waals surface area contributed by atoms with E-state index in [1.807, 2.05) is 6.07 Å². The number of carbonyl (C=O) groups is 5. The fourth-order valence-electron chi connectivity index (χ4n) is 5.26. The van der Waals surface area contributed by atoms with Crippen LogP contribution in [-0.4, -0.2) is 78.0 Å². The Bertz CT molecular complexity index is 1100. The summed E-state index contributed by atoms with van der Waals surface area (Å²) in [4.78, 5) is 64.7. The van der Waals surface area contributed by atoms with Gasteiger partial charge < -0.3 is 35.3 Å². The van der Waals surface area contributed by atoms with Gasteiger partial charge >= 0.3 is 18.0 Å².